The smallest absolute Gasteiger partial charge is 0.293 e. The lowest BCUT2D eigenvalue weighted by molar-refractivity contribution is -0.128. The minimum absolute atomic E-state index is 0.116. The van der Waals surface area contributed by atoms with Crippen molar-refractivity contribution < 1.29 is 22.8 Å². The van der Waals surface area contributed by atoms with Gasteiger partial charge < -0.3 is 9.26 Å². The van der Waals surface area contributed by atoms with E-state index in [1.54, 1.807) is 6.07 Å². The Hall–Kier alpha value is -2.24. The SMILES string of the molecule is O=COCCc1cc(Cc2cc(F)ccc2F)on1. The normalized spacial score (nSPS) is 10.4. The zero-order valence-corrected chi connectivity index (χ0v) is 9.94. The van der Waals surface area contributed by atoms with Gasteiger partial charge in [-0.1, -0.05) is 5.16 Å². The maximum Gasteiger partial charge on any atom is 0.293 e. The second-order valence-electron chi connectivity index (χ2n) is 3.91. The lowest BCUT2D eigenvalue weighted by atomic mass is 10.1. The van der Waals surface area contributed by atoms with Gasteiger partial charge in [0, 0.05) is 18.9 Å². The molecule has 0 N–H and O–H groups in total. The van der Waals surface area contributed by atoms with Crippen molar-refractivity contribution in [3.63, 3.8) is 0 Å². The highest BCUT2D eigenvalue weighted by Crippen LogP contribution is 2.15. The molecule has 1 aromatic carbocycles. The molecule has 0 spiro atoms. The van der Waals surface area contributed by atoms with E-state index in [0.29, 0.717) is 24.3 Å². The number of halogens is 2. The Kier molecular flexibility index (Phi) is 4.22. The van der Waals surface area contributed by atoms with Crippen molar-refractivity contribution in [2.75, 3.05) is 6.61 Å². The maximum atomic E-state index is 13.4. The number of aromatic nitrogens is 1. The van der Waals surface area contributed by atoms with Crippen LogP contribution in [-0.4, -0.2) is 18.2 Å². The van der Waals surface area contributed by atoms with E-state index in [9.17, 15) is 13.6 Å². The number of nitrogens with zero attached hydrogens (tertiary/aromatic N) is 1. The van der Waals surface area contributed by atoms with Crippen LogP contribution in [0.5, 0.6) is 0 Å². The Morgan fingerprint density at radius 3 is 2.95 bits per heavy atom. The quantitative estimate of drug-likeness (QED) is 0.595. The van der Waals surface area contributed by atoms with Crippen molar-refractivity contribution in [3.8, 4) is 0 Å². The first-order valence-corrected chi connectivity index (χ1v) is 5.62. The van der Waals surface area contributed by atoms with E-state index in [1.807, 2.05) is 0 Å². The molecule has 0 saturated carbocycles. The average Bonchev–Trinajstić information content (AvgIpc) is 2.82. The molecule has 0 unspecified atom stereocenters. The van der Waals surface area contributed by atoms with Crippen LogP contribution in [0.3, 0.4) is 0 Å². The predicted octanol–water partition coefficient (Wildman–Crippen LogP) is 2.26. The zero-order chi connectivity index (χ0) is 13.7. The summed E-state index contributed by atoms with van der Waals surface area (Å²) in [7, 11) is 0. The highest BCUT2D eigenvalue weighted by molar-refractivity contribution is 5.36. The molecule has 4 nitrogen and oxygen atoms in total. The summed E-state index contributed by atoms with van der Waals surface area (Å²) in [6.45, 7) is 0.549. The lowest BCUT2D eigenvalue weighted by Crippen LogP contribution is -1.96. The van der Waals surface area contributed by atoms with Crippen molar-refractivity contribution in [2.24, 2.45) is 0 Å². The Balaban J connectivity index is 2.03. The summed E-state index contributed by atoms with van der Waals surface area (Å²) in [6, 6.07) is 4.87. The fourth-order valence-corrected chi connectivity index (χ4v) is 1.64. The number of hydrogen-bond acceptors (Lipinski definition) is 4. The van der Waals surface area contributed by atoms with Crippen LogP contribution in [0.2, 0.25) is 0 Å². The van der Waals surface area contributed by atoms with Crippen LogP contribution in [0.1, 0.15) is 17.0 Å². The van der Waals surface area contributed by atoms with Crippen LogP contribution in [-0.2, 0) is 22.4 Å². The maximum absolute atomic E-state index is 13.4. The molecule has 0 saturated heterocycles. The van der Waals surface area contributed by atoms with Gasteiger partial charge in [-0.05, 0) is 23.8 Å². The lowest BCUT2D eigenvalue weighted by Gasteiger charge is -1.99. The number of carbonyl (C=O) groups is 1. The third kappa shape index (κ3) is 3.61. The number of ether oxygens (including phenoxy) is 1. The molecule has 1 heterocycles. The molecule has 0 aliphatic heterocycles. The van der Waals surface area contributed by atoms with Gasteiger partial charge in [-0.2, -0.15) is 0 Å². The van der Waals surface area contributed by atoms with E-state index < -0.39 is 11.6 Å². The van der Waals surface area contributed by atoms with Crippen molar-refractivity contribution in [3.05, 3.63) is 52.9 Å². The van der Waals surface area contributed by atoms with Crippen molar-refractivity contribution >= 4 is 6.47 Å². The molecule has 100 valence electrons. The van der Waals surface area contributed by atoms with E-state index in [2.05, 4.69) is 9.89 Å². The van der Waals surface area contributed by atoms with Gasteiger partial charge in [-0.25, -0.2) is 8.78 Å². The highest BCUT2D eigenvalue weighted by atomic mass is 19.1. The third-order valence-electron chi connectivity index (χ3n) is 2.52. The van der Waals surface area contributed by atoms with Crippen molar-refractivity contribution in [1.82, 2.24) is 5.16 Å². The molecule has 0 bridgehead atoms. The second kappa shape index (κ2) is 6.08. The van der Waals surface area contributed by atoms with Crippen LogP contribution in [0.4, 0.5) is 8.78 Å². The van der Waals surface area contributed by atoms with Gasteiger partial charge in [0.05, 0.1) is 12.3 Å². The van der Waals surface area contributed by atoms with Crippen LogP contribution >= 0.6 is 0 Å². The van der Waals surface area contributed by atoms with Gasteiger partial charge >= 0.3 is 0 Å². The summed E-state index contributed by atoms with van der Waals surface area (Å²) in [5.41, 5.74) is 0.792. The standard InChI is InChI=1S/C13H11F2NO3/c14-10-1-2-13(15)9(5-10)6-12-7-11(16-19-12)3-4-18-8-17/h1-2,5,7-8H,3-4,6H2. The molecule has 0 fully saturated rings. The van der Waals surface area contributed by atoms with Crippen LogP contribution < -0.4 is 0 Å². The summed E-state index contributed by atoms with van der Waals surface area (Å²) in [4.78, 5) is 9.97. The predicted molar refractivity (Wildman–Crippen MR) is 61.4 cm³/mol. The summed E-state index contributed by atoms with van der Waals surface area (Å²) in [6.07, 6.45) is 0.527. The van der Waals surface area contributed by atoms with Crippen LogP contribution in [0.25, 0.3) is 0 Å². The summed E-state index contributed by atoms with van der Waals surface area (Å²) in [5, 5.41) is 3.75. The van der Waals surface area contributed by atoms with E-state index in [-0.39, 0.29) is 18.6 Å². The van der Waals surface area contributed by atoms with E-state index >= 15 is 0 Å². The fourth-order valence-electron chi connectivity index (χ4n) is 1.64. The minimum atomic E-state index is -0.504. The molecule has 1 aromatic heterocycles. The Morgan fingerprint density at radius 1 is 1.32 bits per heavy atom. The first-order valence-electron chi connectivity index (χ1n) is 5.62. The highest BCUT2D eigenvalue weighted by Gasteiger charge is 2.09. The van der Waals surface area contributed by atoms with Crippen LogP contribution in [0.15, 0.2) is 28.8 Å². The molecule has 0 aliphatic rings. The van der Waals surface area contributed by atoms with Crippen molar-refractivity contribution in [1.29, 1.82) is 0 Å². The van der Waals surface area contributed by atoms with Gasteiger partial charge in [-0.3, -0.25) is 4.79 Å². The first-order chi connectivity index (χ1) is 9.19. The monoisotopic (exact) mass is 267 g/mol. The van der Waals surface area contributed by atoms with Gasteiger partial charge in [0.2, 0.25) is 0 Å². The summed E-state index contributed by atoms with van der Waals surface area (Å²) >= 11 is 0. The Bertz CT molecular complexity index is 569. The zero-order valence-electron chi connectivity index (χ0n) is 9.94. The number of hydrogen-bond donors (Lipinski definition) is 0. The van der Waals surface area contributed by atoms with E-state index in [1.165, 1.54) is 0 Å². The number of rotatable bonds is 6. The molecule has 19 heavy (non-hydrogen) atoms. The van der Waals surface area contributed by atoms with Gasteiger partial charge in [0.15, 0.2) is 0 Å². The third-order valence-corrected chi connectivity index (χ3v) is 2.52. The Morgan fingerprint density at radius 2 is 2.16 bits per heavy atom. The number of carbonyl (C=O) groups excluding carboxylic acids is 1. The Labute approximate surface area is 108 Å². The van der Waals surface area contributed by atoms with Gasteiger partial charge in [0.1, 0.15) is 17.4 Å². The van der Waals surface area contributed by atoms with Gasteiger partial charge in [-0.15, -0.1) is 0 Å². The molecular weight excluding hydrogens is 256 g/mol. The molecule has 0 amide bonds. The van der Waals surface area contributed by atoms with Gasteiger partial charge in [0.25, 0.3) is 6.47 Å². The average molecular weight is 267 g/mol. The first kappa shape index (κ1) is 13.2. The summed E-state index contributed by atoms with van der Waals surface area (Å²) < 4.78 is 36.0. The molecule has 2 rings (SSSR count). The van der Waals surface area contributed by atoms with E-state index in [4.69, 9.17) is 4.52 Å². The number of benzene rings is 1. The fraction of sp³-hybridized carbons (Fsp3) is 0.231. The summed E-state index contributed by atoms with van der Waals surface area (Å²) in [5.74, 6) is -0.579. The topological polar surface area (TPSA) is 52.3 Å². The largest absolute Gasteiger partial charge is 0.467 e. The second-order valence-corrected chi connectivity index (χ2v) is 3.91. The molecule has 0 radical (unpaired) electrons. The van der Waals surface area contributed by atoms with E-state index in [0.717, 1.165) is 18.2 Å². The molecular formula is C13H11F2NO3. The van der Waals surface area contributed by atoms with Crippen LogP contribution in [0, 0.1) is 11.6 Å². The van der Waals surface area contributed by atoms with Crippen molar-refractivity contribution in [2.45, 2.75) is 12.8 Å². The molecule has 0 atom stereocenters. The molecule has 6 heteroatoms. The minimum Gasteiger partial charge on any atom is -0.467 e. The molecule has 0 aliphatic carbocycles. The molecule has 2 aromatic rings.